The minimum absolute atomic E-state index is 0.0301. The van der Waals surface area contributed by atoms with E-state index in [0.717, 1.165) is 30.2 Å². The first-order valence-electron chi connectivity index (χ1n) is 15.8. The number of anilines is 1. The Labute approximate surface area is 270 Å². The van der Waals surface area contributed by atoms with E-state index in [1.165, 1.54) is 6.08 Å². The van der Waals surface area contributed by atoms with Crippen molar-refractivity contribution >= 4 is 44.9 Å². The fourth-order valence-electron chi connectivity index (χ4n) is 8.41. The summed E-state index contributed by atoms with van der Waals surface area (Å²) in [5.41, 5.74) is 1.35. The van der Waals surface area contributed by atoms with Crippen molar-refractivity contribution in [3.8, 4) is 23.1 Å². The molecule has 10 heteroatoms. The third kappa shape index (κ3) is 4.30. The smallest absolute Gasteiger partial charge is 0.246 e. The van der Waals surface area contributed by atoms with E-state index < -0.39 is 17.5 Å². The van der Waals surface area contributed by atoms with E-state index in [4.69, 9.17) is 21.3 Å². The van der Waals surface area contributed by atoms with E-state index in [-0.39, 0.29) is 41.6 Å². The van der Waals surface area contributed by atoms with Crippen molar-refractivity contribution in [2.24, 2.45) is 0 Å². The summed E-state index contributed by atoms with van der Waals surface area (Å²) in [5, 5.41) is 13.2. The van der Waals surface area contributed by atoms with Gasteiger partial charge in [-0.15, -0.1) is 0 Å². The summed E-state index contributed by atoms with van der Waals surface area (Å²) in [6.45, 7) is 6.04. The van der Waals surface area contributed by atoms with Crippen LogP contribution in [0, 0.1) is 17.1 Å². The SMILES string of the molecule is C=CC(=O)N1CC[C@@H]2[C@H]1CN2c1c(C#N)c(OC[C@@]23CCCN2C[C@H](F)C3)nc2c(F)c(-c3cccc4cccc(Cl)c34)ccc12. The number of pyridine rings is 1. The van der Waals surface area contributed by atoms with E-state index in [0.29, 0.717) is 59.7 Å². The largest absolute Gasteiger partial charge is 0.475 e. The van der Waals surface area contributed by atoms with Gasteiger partial charge in [-0.3, -0.25) is 9.69 Å². The zero-order chi connectivity index (χ0) is 31.7. The molecule has 1 aromatic heterocycles. The summed E-state index contributed by atoms with van der Waals surface area (Å²) >= 11 is 6.63. The number of alkyl halides is 1. The summed E-state index contributed by atoms with van der Waals surface area (Å²) in [4.78, 5) is 23.2. The van der Waals surface area contributed by atoms with Gasteiger partial charge in [-0.25, -0.2) is 13.8 Å². The molecule has 4 aliphatic rings. The first-order valence-corrected chi connectivity index (χ1v) is 16.2. The third-order valence-electron chi connectivity index (χ3n) is 10.6. The number of amides is 1. The Balaban J connectivity index is 1.28. The molecule has 0 aliphatic carbocycles. The van der Waals surface area contributed by atoms with Gasteiger partial charge in [0.2, 0.25) is 11.8 Å². The molecule has 4 atom stereocenters. The minimum atomic E-state index is -0.936. The molecule has 0 spiro atoms. The van der Waals surface area contributed by atoms with Gasteiger partial charge in [0.1, 0.15) is 29.9 Å². The molecule has 7 nitrogen and oxygen atoms in total. The summed E-state index contributed by atoms with van der Waals surface area (Å²) in [6.07, 6.45) is 3.19. The highest BCUT2D eigenvalue weighted by Gasteiger charge is 2.51. The zero-order valence-electron chi connectivity index (χ0n) is 25.2. The summed E-state index contributed by atoms with van der Waals surface area (Å²) in [5.74, 6) is -0.623. The monoisotopic (exact) mass is 639 g/mol. The lowest BCUT2D eigenvalue weighted by Crippen LogP contribution is -2.63. The van der Waals surface area contributed by atoms with Crippen LogP contribution < -0.4 is 9.64 Å². The van der Waals surface area contributed by atoms with Gasteiger partial charge in [0.15, 0.2) is 5.82 Å². The number of halogens is 3. The van der Waals surface area contributed by atoms with Crippen molar-refractivity contribution in [3.63, 3.8) is 0 Å². The van der Waals surface area contributed by atoms with E-state index in [2.05, 4.69) is 22.4 Å². The standard InChI is InChI=1S/C36H32ClF2N5O2/c1-2-30(45)43-15-12-28-29(43)19-44(28)34-25-11-10-24(23-8-3-6-21-7-4-9-27(37)31(21)23)32(39)33(25)41-35(26(34)17-40)46-20-36-13-5-14-42(36)18-22(38)16-36/h2-4,6-11,22,28-29H,1,5,12-16,18-20H2/t22-,28-,29-,36+/m1/s1. The van der Waals surface area contributed by atoms with E-state index in [1.807, 2.05) is 41.3 Å². The van der Waals surface area contributed by atoms with Crippen molar-refractivity contribution in [2.75, 3.05) is 37.7 Å². The van der Waals surface area contributed by atoms with Crippen molar-refractivity contribution in [3.05, 3.63) is 77.6 Å². The number of nitrogens with zero attached hydrogens (tertiary/aromatic N) is 5. The van der Waals surface area contributed by atoms with Crippen LogP contribution in [0.1, 0.15) is 31.2 Å². The van der Waals surface area contributed by atoms with Crippen LogP contribution >= 0.6 is 11.6 Å². The highest BCUT2D eigenvalue weighted by Crippen LogP contribution is 2.47. The molecule has 4 fully saturated rings. The van der Waals surface area contributed by atoms with Crippen LogP contribution in [-0.4, -0.2) is 77.3 Å². The molecular formula is C36H32ClF2N5O2. The lowest BCUT2D eigenvalue weighted by Gasteiger charge is -2.48. The fraction of sp³-hybridized carbons (Fsp3) is 0.361. The maximum Gasteiger partial charge on any atom is 0.246 e. The van der Waals surface area contributed by atoms with E-state index in [1.54, 1.807) is 12.1 Å². The number of fused-ring (bicyclic) bond motifs is 4. The molecule has 0 saturated carbocycles. The van der Waals surface area contributed by atoms with E-state index in [9.17, 15) is 14.4 Å². The predicted molar refractivity (Wildman–Crippen MR) is 174 cm³/mol. The highest BCUT2D eigenvalue weighted by atomic mass is 35.5. The third-order valence-corrected chi connectivity index (χ3v) is 10.9. The van der Waals surface area contributed by atoms with Gasteiger partial charge in [-0.1, -0.05) is 54.6 Å². The van der Waals surface area contributed by atoms with Gasteiger partial charge in [0, 0.05) is 47.4 Å². The molecule has 234 valence electrons. The number of likely N-dealkylation sites (tertiary alicyclic amines) is 1. The number of hydrogen-bond acceptors (Lipinski definition) is 6. The minimum Gasteiger partial charge on any atom is -0.475 e. The van der Waals surface area contributed by atoms with Crippen molar-refractivity contribution in [1.29, 1.82) is 5.26 Å². The molecule has 5 heterocycles. The molecule has 8 rings (SSSR count). The average Bonchev–Trinajstić information content (AvgIpc) is 3.69. The predicted octanol–water partition coefficient (Wildman–Crippen LogP) is 6.65. The Morgan fingerprint density at radius 1 is 1.15 bits per heavy atom. The van der Waals surface area contributed by atoms with Crippen LogP contribution in [0.5, 0.6) is 5.88 Å². The Hall–Kier alpha value is -4.26. The number of hydrogen-bond donors (Lipinski definition) is 0. The van der Waals surface area contributed by atoms with Crippen LogP contribution in [0.15, 0.2) is 61.2 Å². The number of benzene rings is 3. The molecular weight excluding hydrogens is 608 g/mol. The molecule has 0 unspecified atom stereocenters. The van der Waals surface area contributed by atoms with E-state index >= 15 is 4.39 Å². The number of ether oxygens (including phenoxy) is 1. The van der Waals surface area contributed by atoms with Crippen LogP contribution in [0.2, 0.25) is 5.02 Å². The van der Waals surface area contributed by atoms with Crippen LogP contribution in [-0.2, 0) is 4.79 Å². The van der Waals surface area contributed by atoms with Crippen molar-refractivity contribution in [2.45, 2.75) is 49.5 Å². The van der Waals surface area contributed by atoms with Crippen LogP contribution in [0.25, 0.3) is 32.8 Å². The molecule has 3 aromatic carbocycles. The van der Waals surface area contributed by atoms with Gasteiger partial charge in [-0.05, 0) is 55.0 Å². The molecule has 4 aliphatic heterocycles. The number of rotatable bonds is 6. The Morgan fingerprint density at radius 3 is 2.78 bits per heavy atom. The van der Waals surface area contributed by atoms with Gasteiger partial charge < -0.3 is 14.5 Å². The quantitative estimate of drug-likeness (QED) is 0.220. The number of carbonyl (C=O) groups is 1. The second-order valence-electron chi connectivity index (χ2n) is 12.9. The van der Waals surface area contributed by atoms with Crippen LogP contribution in [0.4, 0.5) is 14.5 Å². The lowest BCUT2D eigenvalue weighted by atomic mass is 9.92. The molecule has 4 aromatic rings. The number of nitriles is 1. The lowest BCUT2D eigenvalue weighted by molar-refractivity contribution is -0.127. The Morgan fingerprint density at radius 2 is 1.98 bits per heavy atom. The second kappa shape index (κ2) is 10.9. The molecule has 0 N–H and O–H groups in total. The summed E-state index contributed by atoms with van der Waals surface area (Å²) in [6, 6.07) is 17.0. The highest BCUT2D eigenvalue weighted by molar-refractivity contribution is 6.36. The number of carbonyl (C=O) groups excluding carboxylic acids is 1. The summed E-state index contributed by atoms with van der Waals surface area (Å²) < 4.78 is 37.8. The Kier molecular flexibility index (Phi) is 6.93. The van der Waals surface area contributed by atoms with Gasteiger partial charge in [0.05, 0.1) is 23.3 Å². The second-order valence-corrected chi connectivity index (χ2v) is 13.3. The van der Waals surface area contributed by atoms with Crippen LogP contribution in [0.3, 0.4) is 0 Å². The van der Waals surface area contributed by atoms with Gasteiger partial charge in [0.25, 0.3) is 0 Å². The number of aromatic nitrogens is 1. The normalized spacial score (nSPS) is 25.4. The molecule has 1 amide bonds. The fourth-order valence-corrected chi connectivity index (χ4v) is 8.69. The molecule has 4 saturated heterocycles. The maximum atomic E-state index is 16.9. The molecule has 46 heavy (non-hydrogen) atoms. The topological polar surface area (TPSA) is 72.7 Å². The average molecular weight is 640 g/mol. The van der Waals surface area contributed by atoms with Gasteiger partial charge >= 0.3 is 0 Å². The molecule has 0 radical (unpaired) electrons. The maximum absolute atomic E-state index is 16.9. The first kappa shape index (κ1) is 29.2. The van der Waals surface area contributed by atoms with Crippen molar-refractivity contribution < 1.29 is 18.3 Å². The Bertz CT molecular complexity index is 1970. The van der Waals surface area contributed by atoms with Crippen molar-refractivity contribution in [1.82, 2.24) is 14.8 Å². The van der Waals surface area contributed by atoms with Gasteiger partial charge in [-0.2, -0.15) is 5.26 Å². The summed E-state index contributed by atoms with van der Waals surface area (Å²) in [7, 11) is 0. The zero-order valence-corrected chi connectivity index (χ0v) is 25.9. The molecule has 0 bridgehead atoms. The first-order chi connectivity index (χ1) is 22.3.